The number of amides is 1. The van der Waals surface area contributed by atoms with E-state index in [9.17, 15) is 9.18 Å². The summed E-state index contributed by atoms with van der Waals surface area (Å²) in [5.41, 5.74) is 6.58. The van der Waals surface area contributed by atoms with Crippen molar-refractivity contribution in [3.05, 3.63) is 64.6 Å². The molecule has 0 unspecified atom stereocenters. The van der Waals surface area contributed by atoms with Crippen LogP contribution < -0.4 is 14.9 Å². The first-order chi connectivity index (χ1) is 13.6. The van der Waals surface area contributed by atoms with Crippen molar-refractivity contribution >= 4 is 12.1 Å². The highest BCUT2D eigenvalue weighted by Gasteiger charge is 2.27. The Morgan fingerprint density at radius 2 is 2.04 bits per heavy atom. The lowest BCUT2D eigenvalue weighted by Crippen LogP contribution is -2.19. The van der Waals surface area contributed by atoms with Gasteiger partial charge in [-0.25, -0.2) is 9.82 Å². The first kappa shape index (κ1) is 17.7. The minimum Gasteiger partial charge on any atom is -0.493 e. The van der Waals surface area contributed by atoms with E-state index in [1.54, 1.807) is 38.5 Å². The monoisotopic (exact) mass is 380 g/mol. The van der Waals surface area contributed by atoms with Crippen LogP contribution in [0.25, 0.3) is 11.3 Å². The highest BCUT2D eigenvalue weighted by molar-refractivity contribution is 5.97. The van der Waals surface area contributed by atoms with Crippen LogP contribution in [0.5, 0.6) is 11.5 Å². The number of rotatable bonds is 5. The molecule has 0 saturated carbocycles. The number of benzene rings is 2. The molecule has 0 atom stereocenters. The fourth-order valence-electron chi connectivity index (χ4n) is 3.23. The van der Waals surface area contributed by atoms with Gasteiger partial charge >= 0.3 is 0 Å². The average molecular weight is 380 g/mol. The van der Waals surface area contributed by atoms with E-state index in [1.165, 1.54) is 18.3 Å². The number of H-pyrrole nitrogens is 1. The van der Waals surface area contributed by atoms with E-state index in [1.807, 2.05) is 0 Å². The Bertz CT molecular complexity index is 1090. The number of fused-ring (bicyclic) bond motifs is 3. The topological polar surface area (TPSA) is 88.6 Å². The highest BCUT2D eigenvalue weighted by Crippen LogP contribution is 2.36. The molecule has 2 aromatic carbocycles. The average Bonchev–Trinajstić information content (AvgIpc) is 3.26. The lowest BCUT2D eigenvalue weighted by atomic mass is 10.1. The molecular formula is C20H17FN4O3. The van der Waals surface area contributed by atoms with Crippen molar-refractivity contribution < 1.29 is 18.7 Å². The van der Waals surface area contributed by atoms with Crippen molar-refractivity contribution in [2.75, 3.05) is 14.2 Å². The van der Waals surface area contributed by atoms with Crippen molar-refractivity contribution in [3.63, 3.8) is 0 Å². The van der Waals surface area contributed by atoms with Crippen LogP contribution in [-0.4, -0.2) is 36.5 Å². The largest absolute Gasteiger partial charge is 0.493 e. The van der Waals surface area contributed by atoms with E-state index >= 15 is 0 Å². The summed E-state index contributed by atoms with van der Waals surface area (Å²) in [5.74, 6) is 0.444. The van der Waals surface area contributed by atoms with Gasteiger partial charge in [-0.3, -0.25) is 9.89 Å². The number of aromatic nitrogens is 2. The summed E-state index contributed by atoms with van der Waals surface area (Å²) in [6.45, 7) is 0. The number of nitrogens with zero attached hydrogens (tertiary/aromatic N) is 2. The number of hydrogen-bond donors (Lipinski definition) is 2. The molecular weight excluding hydrogens is 363 g/mol. The first-order valence-electron chi connectivity index (χ1n) is 8.52. The quantitative estimate of drug-likeness (QED) is 0.412. The number of hydrogen-bond acceptors (Lipinski definition) is 5. The molecule has 3 aromatic rings. The van der Waals surface area contributed by atoms with E-state index in [-0.39, 0.29) is 5.82 Å². The first-order valence-corrected chi connectivity index (χ1v) is 8.52. The van der Waals surface area contributed by atoms with Gasteiger partial charge in [-0.15, -0.1) is 0 Å². The lowest BCUT2D eigenvalue weighted by Gasteiger charge is -2.07. The summed E-state index contributed by atoms with van der Waals surface area (Å²) in [4.78, 5) is 12.5. The fraction of sp³-hybridized carbons (Fsp3) is 0.150. The number of halogens is 1. The van der Waals surface area contributed by atoms with E-state index in [0.29, 0.717) is 29.3 Å². The van der Waals surface area contributed by atoms with Crippen LogP contribution in [-0.2, 0) is 6.42 Å². The summed E-state index contributed by atoms with van der Waals surface area (Å²) in [7, 11) is 3.10. The molecule has 0 aliphatic heterocycles. The number of hydrazone groups is 1. The van der Waals surface area contributed by atoms with E-state index in [4.69, 9.17) is 9.47 Å². The van der Waals surface area contributed by atoms with Gasteiger partial charge in [0, 0.05) is 17.5 Å². The van der Waals surface area contributed by atoms with Crippen molar-refractivity contribution in [3.8, 4) is 22.8 Å². The zero-order chi connectivity index (χ0) is 19.7. The third kappa shape index (κ3) is 3.09. The molecule has 0 spiro atoms. The molecule has 2 N–H and O–H groups in total. The van der Waals surface area contributed by atoms with Gasteiger partial charge in [-0.1, -0.05) is 0 Å². The maximum atomic E-state index is 13.4. The predicted molar refractivity (Wildman–Crippen MR) is 101 cm³/mol. The summed E-state index contributed by atoms with van der Waals surface area (Å²) < 4.78 is 23.9. The van der Waals surface area contributed by atoms with Crippen LogP contribution in [0.1, 0.15) is 27.2 Å². The molecule has 7 nitrogen and oxygen atoms in total. The van der Waals surface area contributed by atoms with Gasteiger partial charge in [-0.05, 0) is 47.5 Å². The van der Waals surface area contributed by atoms with Crippen LogP contribution in [0, 0.1) is 5.82 Å². The van der Waals surface area contributed by atoms with Gasteiger partial charge in [0.2, 0.25) is 0 Å². The van der Waals surface area contributed by atoms with Gasteiger partial charge in [0.05, 0.1) is 26.1 Å². The van der Waals surface area contributed by atoms with Gasteiger partial charge in [0.15, 0.2) is 11.5 Å². The standard InChI is InChI=1S/C20H17FN4O3/c1-27-16-6-3-11(7-17(16)28-2)10-22-25-20(26)19-15-9-12-8-13(21)4-5-14(12)18(15)23-24-19/h3-8,10H,9H2,1-2H3,(H,23,24)(H,25,26)/b22-10+. The van der Waals surface area contributed by atoms with Gasteiger partial charge < -0.3 is 9.47 Å². The molecule has 8 heteroatoms. The van der Waals surface area contributed by atoms with Crippen LogP contribution >= 0.6 is 0 Å². The van der Waals surface area contributed by atoms with E-state index in [2.05, 4.69) is 20.7 Å². The zero-order valence-electron chi connectivity index (χ0n) is 15.2. The number of ether oxygens (including phenoxy) is 2. The second kappa shape index (κ2) is 7.15. The van der Waals surface area contributed by atoms with Crippen molar-refractivity contribution in [2.24, 2.45) is 5.10 Å². The molecule has 1 aliphatic carbocycles. The van der Waals surface area contributed by atoms with Gasteiger partial charge in [-0.2, -0.15) is 10.2 Å². The summed E-state index contributed by atoms with van der Waals surface area (Å²) in [6.07, 6.45) is 1.95. The SMILES string of the molecule is COc1ccc(/C=N/NC(=O)c2[nH]nc3c2Cc2cc(F)ccc2-3)cc1OC. The molecule has 0 fully saturated rings. The lowest BCUT2D eigenvalue weighted by molar-refractivity contribution is 0.0949. The third-order valence-corrected chi connectivity index (χ3v) is 4.57. The maximum Gasteiger partial charge on any atom is 0.289 e. The van der Waals surface area contributed by atoms with Crippen LogP contribution in [0.2, 0.25) is 0 Å². The Balaban J connectivity index is 1.49. The van der Waals surface area contributed by atoms with E-state index in [0.717, 1.165) is 22.3 Å². The fourth-order valence-corrected chi connectivity index (χ4v) is 3.23. The second-order valence-electron chi connectivity index (χ2n) is 6.22. The maximum absolute atomic E-state index is 13.4. The third-order valence-electron chi connectivity index (χ3n) is 4.57. The van der Waals surface area contributed by atoms with Gasteiger partial charge in [0.25, 0.3) is 5.91 Å². The van der Waals surface area contributed by atoms with Crippen molar-refractivity contribution in [2.45, 2.75) is 6.42 Å². The molecule has 1 aliphatic rings. The minimum absolute atomic E-state index is 0.307. The minimum atomic E-state index is -0.418. The van der Waals surface area contributed by atoms with Gasteiger partial charge in [0.1, 0.15) is 11.5 Å². The molecule has 142 valence electrons. The Labute approximate surface area is 160 Å². The molecule has 28 heavy (non-hydrogen) atoms. The molecule has 0 radical (unpaired) electrons. The second-order valence-corrected chi connectivity index (χ2v) is 6.22. The van der Waals surface area contributed by atoms with Crippen LogP contribution in [0.4, 0.5) is 4.39 Å². The number of aromatic amines is 1. The van der Waals surface area contributed by atoms with Crippen LogP contribution in [0.15, 0.2) is 41.5 Å². The summed E-state index contributed by atoms with van der Waals surface area (Å²) >= 11 is 0. The highest BCUT2D eigenvalue weighted by atomic mass is 19.1. The Kier molecular flexibility index (Phi) is 4.52. The number of methoxy groups -OCH3 is 2. The number of nitrogens with one attached hydrogen (secondary N) is 2. The van der Waals surface area contributed by atoms with Crippen LogP contribution in [0.3, 0.4) is 0 Å². The molecule has 1 aromatic heterocycles. The number of carbonyl (C=O) groups is 1. The predicted octanol–water partition coefficient (Wildman–Crippen LogP) is 2.90. The summed E-state index contributed by atoms with van der Waals surface area (Å²) in [6, 6.07) is 9.81. The molecule has 1 amide bonds. The molecule has 0 bridgehead atoms. The van der Waals surface area contributed by atoms with Crippen molar-refractivity contribution in [1.29, 1.82) is 0 Å². The molecule has 0 saturated heterocycles. The normalized spacial score (nSPS) is 12.0. The summed E-state index contributed by atoms with van der Waals surface area (Å²) in [5, 5.41) is 10.9. The molecule has 4 rings (SSSR count). The Hall–Kier alpha value is -3.68. The van der Waals surface area contributed by atoms with Crippen molar-refractivity contribution in [1.82, 2.24) is 15.6 Å². The Morgan fingerprint density at radius 1 is 1.21 bits per heavy atom. The smallest absolute Gasteiger partial charge is 0.289 e. The number of carbonyl (C=O) groups excluding carboxylic acids is 1. The van der Waals surface area contributed by atoms with E-state index < -0.39 is 5.91 Å². The molecule has 1 heterocycles. The Morgan fingerprint density at radius 3 is 2.82 bits per heavy atom. The zero-order valence-corrected chi connectivity index (χ0v) is 15.2.